The molecule has 2 saturated carbocycles. The van der Waals surface area contributed by atoms with Crippen molar-refractivity contribution in [2.75, 3.05) is 32.6 Å². The fraction of sp³-hybridized carbons (Fsp3) is 0.655. The van der Waals surface area contributed by atoms with Crippen LogP contribution >= 0.6 is 23.2 Å². The number of carbonyl (C=O) groups excluding carboxylic acids is 9. The zero-order valence-corrected chi connectivity index (χ0v) is 53.8. The Hall–Kier alpha value is -3.50. The van der Waals surface area contributed by atoms with Crippen molar-refractivity contribution in [3.05, 3.63) is 56.0 Å². The molecular weight excluding hydrogens is 1120 g/mol. The molecule has 79 heavy (non-hydrogen) atoms. The number of ether oxygens (including phenoxy) is 7. The van der Waals surface area contributed by atoms with Crippen molar-refractivity contribution in [1.82, 2.24) is 0 Å². The van der Waals surface area contributed by atoms with Gasteiger partial charge in [0.1, 0.15) is 28.6 Å². The first-order chi connectivity index (χ1) is 34.9. The van der Waals surface area contributed by atoms with E-state index in [1.807, 2.05) is 53.7 Å². The van der Waals surface area contributed by atoms with Crippen LogP contribution in [0.1, 0.15) is 132 Å². The molecule has 438 valence electrons. The molecule has 8 aliphatic rings. The van der Waals surface area contributed by atoms with Crippen LogP contribution in [0.15, 0.2) is 48.6 Å². The standard InChI is InChI=1S/2C10H16O2.C10H14O2.C8H8O3.C7H10O4.C4H6O2.C3H5ClO2.C2H3ClO2.CH3.ClH.Mg.Na/c3*1-10(2)8-6-4-3-5-7(8)9(11)12-10;9-7-5-3-1-2-4-6(5)8(10)11-7;1-5(2)7(9)11-4-6(8)10-3;1-3(2)4(5)6;1-6-3(5)2-4;3-1-2(4)5;;;;/h2*7-8H,3-6H2,1-2H3;3-4,7-8H,5-6H2,1-2H3;1-2,5-6H,3-4H2;1,4H2,2-3H3;1H2,2H3,(H,5,6);2H2,1H3;1H2,(H,4,5);1H3;1H;;/q;;;;;;;;-1;;+2;+1/p-2. The van der Waals surface area contributed by atoms with E-state index >= 15 is 0 Å². The van der Waals surface area contributed by atoms with Gasteiger partial charge in [-0.25, -0.2) is 9.59 Å². The number of hydrogen-bond donors (Lipinski definition) is 1. The predicted molar refractivity (Wildman–Crippen MR) is 284 cm³/mol. The summed E-state index contributed by atoms with van der Waals surface area (Å²) < 4.78 is 33.3. The van der Waals surface area contributed by atoms with Crippen molar-refractivity contribution < 1.29 is 133 Å². The Balaban J connectivity index is -0.000000411. The van der Waals surface area contributed by atoms with Gasteiger partial charge >= 0.3 is 106 Å². The summed E-state index contributed by atoms with van der Waals surface area (Å²) in [6.07, 6.45) is 20.7. The molecule has 0 aromatic rings. The molecule has 4 aliphatic heterocycles. The monoisotopic (exact) mass is 1200 g/mol. The van der Waals surface area contributed by atoms with E-state index in [9.17, 15) is 53.1 Å². The van der Waals surface area contributed by atoms with Gasteiger partial charge in [-0.3, -0.25) is 33.6 Å². The Morgan fingerprint density at radius 3 is 1.22 bits per heavy atom. The number of alkyl halides is 2. The van der Waals surface area contributed by atoms with Gasteiger partial charge in [-0.1, -0.05) is 63.1 Å². The molecule has 0 amide bonds. The second-order valence-corrected chi connectivity index (χ2v) is 20.9. The van der Waals surface area contributed by atoms with E-state index in [0.29, 0.717) is 30.6 Å². The molecule has 4 aliphatic carbocycles. The molecule has 4 heterocycles. The third kappa shape index (κ3) is 27.9. The summed E-state index contributed by atoms with van der Waals surface area (Å²) in [4.78, 5) is 106. The van der Waals surface area contributed by atoms with Crippen LogP contribution in [0.25, 0.3) is 0 Å². The summed E-state index contributed by atoms with van der Waals surface area (Å²) in [6.45, 7) is 21.1. The number of aliphatic carboxylic acids is 2. The van der Waals surface area contributed by atoms with Gasteiger partial charge in [0.25, 0.3) is 0 Å². The Labute approximate surface area is 520 Å². The molecule has 8 unspecified atom stereocenters. The van der Waals surface area contributed by atoms with Crippen molar-refractivity contribution in [2.24, 2.45) is 47.3 Å². The van der Waals surface area contributed by atoms with E-state index in [1.54, 1.807) is 0 Å². The molecular formula is C55H80Cl3MgNaO19. The average Bonchev–Trinajstić information content (AvgIpc) is 3.99. The number of rotatable bonds is 6. The van der Waals surface area contributed by atoms with E-state index in [-0.39, 0.29) is 178 Å². The molecule has 4 saturated heterocycles. The van der Waals surface area contributed by atoms with E-state index in [4.69, 9.17) is 42.5 Å². The smallest absolute Gasteiger partial charge is 1.00 e. The Morgan fingerprint density at radius 1 is 0.595 bits per heavy atom. The number of esters is 8. The van der Waals surface area contributed by atoms with Gasteiger partial charge in [0.15, 0.2) is 6.61 Å². The number of carboxylic acid groups (broad SMARTS) is 2. The minimum Gasteiger partial charge on any atom is -1.00 e. The van der Waals surface area contributed by atoms with Crippen molar-refractivity contribution >= 4 is 106 Å². The van der Waals surface area contributed by atoms with E-state index in [1.165, 1.54) is 66.6 Å². The van der Waals surface area contributed by atoms with Crippen LogP contribution in [0.2, 0.25) is 0 Å². The normalized spacial score (nSPS) is 25.3. The molecule has 0 aromatic heterocycles. The van der Waals surface area contributed by atoms with Crippen LogP contribution in [-0.4, -0.2) is 137 Å². The molecule has 8 rings (SSSR count). The molecule has 19 nitrogen and oxygen atoms in total. The van der Waals surface area contributed by atoms with Crippen molar-refractivity contribution in [3.8, 4) is 0 Å². The Bertz CT molecular complexity index is 2040. The molecule has 8 atom stereocenters. The molecule has 0 aromatic carbocycles. The fourth-order valence-electron chi connectivity index (χ4n) is 9.51. The summed E-state index contributed by atoms with van der Waals surface area (Å²) in [6, 6.07) is 0. The second kappa shape index (κ2) is 39.8. The number of halogens is 3. The second-order valence-electron chi connectivity index (χ2n) is 20.4. The maximum atomic E-state index is 11.4. The van der Waals surface area contributed by atoms with Crippen LogP contribution in [-0.2, 0) is 81.1 Å². The number of allylic oxidation sites excluding steroid dienone is 4. The van der Waals surface area contributed by atoms with Gasteiger partial charge in [-0.2, -0.15) is 0 Å². The average molecular weight is 1200 g/mol. The number of carbonyl (C=O) groups is 10. The first-order valence-electron chi connectivity index (χ1n) is 24.8. The summed E-state index contributed by atoms with van der Waals surface area (Å²) in [5, 5.41) is 17.1. The SMILES string of the molecule is C=C(C)C(=O)OCC(=O)OC.C=C(C)C(=O)[O-].CC1(C)OC(=O)C2CC=CCC21.CC1(C)OC(=O)C2CCCCC21.CC1(C)OC(=O)C2CCCCC21.COC(=O)CCl.O=C(O)CCl.O=C1OC(=O)C2CC=CCC12.[CH3-].[Cl-].[Mg+2].[Na+]. The minimum atomic E-state index is -1.19. The first kappa shape index (κ1) is 82.0. The van der Waals surface area contributed by atoms with Crippen LogP contribution < -0.4 is 47.1 Å². The number of cyclic esters (lactones) is 5. The topological polar surface area (TPSA) is 279 Å². The quantitative estimate of drug-likeness (QED) is 0.0571. The number of fused-ring (bicyclic) bond motifs is 4. The van der Waals surface area contributed by atoms with Gasteiger partial charge in [0, 0.05) is 23.3 Å². The molecule has 0 spiro atoms. The summed E-state index contributed by atoms with van der Waals surface area (Å²) in [5.41, 5.74) is -0.305. The van der Waals surface area contributed by atoms with Gasteiger partial charge in [0.05, 0.1) is 49.8 Å². The largest absolute Gasteiger partial charge is 2.00 e. The maximum Gasteiger partial charge on any atom is 2.00 e. The molecule has 1 N–H and O–H groups in total. The third-order valence-corrected chi connectivity index (χ3v) is 14.0. The Kier molecular flexibility index (Phi) is 41.3. The number of methoxy groups -OCH3 is 2. The first-order valence-corrected chi connectivity index (χ1v) is 25.9. The minimum absolute atomic E-state index is 0. The van der Waals surface area contributed by atoms with Crippen molar-refractivity contribution in [2.45, 2.75) is 149 Å². The third-order valence-electron chi connectivity index (χ3n) is 13.6. The molecule has 0 bridgehead atoms. The zero-order chi connectivity index (χ0) is 57.4. The van der Waals surface area contributed by atoms with Gasteiger partial charge in [-0.05, 0) is 112 Å². The van der Waals surface area contributed by atoms with E-state index < -0.39 is 29.8 Å². The van der Waals surface area contributed by atoms with Crippen LogP contribution in [0, 0.1) is 54.8 Å². The van der Waals surface area contributed by atoms with Crippen LogP contribution in [0.4, 0.5) is 0 Å². The fourth-order valence-corrected chi connectivity index (χ4v) is 9.62. The molecule has 24 heteroatoms. The Morgan fingerprint density at radius 2 is 0.924 bits per heavy atom. The number of carboxylic acids is 2. The van der Waals surface area contributed by atoms with Crippen molar-refractivity contribution in [1.29, 1.82) is 0 Å². The van der Waals surface area contributed by atoms with Crippen LogP contribution in [0.5, 0.6) is 0 Å². The van der Waals surface area contributed by atoms with Crippen LogP contribution in [0.3, 0.4) is 0 Å². The van der Waals surface area contributed by atoms with Gasteiger partial charge in [0.2, 0.25) is 0 Å². The maximum absolute atomic E-state index is 11.4. The van der Waals surface area contributed by atoms with Gasteiger partial charge in [-0.15, -0.1) is 23.2 Å². The summed E-state index contributed by atoms with van der Waals surface area (Å²) in [5.74, 6) is -3.14. The summed E-state index contributed by atoms with van der Waals surface area (Å²) >= 11 is 9.71. The van der Waals surface area contributed by atoms with Gasteiger partial charge < -0.3 is 68.0 Å². The predicted octanol–water partition coefficient (Wildman–Crippen LogP) is 1.19. The van der Waals surface area contributed by atoms with Crippen molar-refractivity contribution in [3.63, 3.8) is 0 Å². The molecule has 6 fully saturated rings. The number of hydrogen-bond acceptors (Lipinski definition) is 18. The van der Waals surface area contributed by atoms with E-state index in [0.717, 1.165) is 25.7 Å². The summed E-state index contributed by atoms with van der Waals surface area (Å²) in [7, 11) is 2.52. The zero-order valence-electron chi connectivity index (χ0n) is 48.1. The van der Waals surface area contributed by atoms with E-state index in [2.05, 4.69) is 44.3 Å². The molecule has 0 radical (unpaired) electrons.